The van der Waals surface area contributed by atoms with E-state index in [9.17, 15) is 26.0 Å². The first kappa shape index (κ1) is 27.8. The van der Waals surface area contributed by atoms with Crippen LogP contribution < -0.4 is 14.4 Å². The lowest BCUT2D eigenvalue weighted by Crippen LogP contribution is -2.50. The highest BCUT2D eigenvalue weighted by Crippen LogP contribution is 2.23. The van der Waals surface area contributed by atoms with Crippen LogP contribution in [0.15, 0.2) is 53.4 Å². The van der Waals surface area contributed by atoms with Crippen LogP contribution in [0.25, 0.3) is 0 Å². The van der Waals surface area contributed by atoms with Gasteiger partial charge in [0.2, 0.25) is 26.0 Å². The summed E-state index contributed by atoms with van der Waals surface area (Å²) in [7, 11) is -7.43. The van der Waals surface area contributed by atoms with E-state index in [4.69, 9.17) is 9.47 Å². The van der Waals surface area contributed by atoms with Crippen LogP contribution in [0.5, 0.6) is 5.75 Å². The molecule has 1 atom stereocenters. The summed E-state index contributed by atoms with van der Waals surface area (Å²) in [5.74, 6) is -0.627. The first-order chi connectivity index (χ1) is 17.0. The molecule has 1 aliphatic rings. The summed E-state index contributed by atoms with van der Waals surface area (Å²) in [6.07, 6.45) is 1.18. The van der Waals surface area contributed by atoms with Gasteiger partial charge in [-0.1, -0.05) is 6.92 Å². The lowest BCUT2D eigenvalue weighted by molar-refractivity contribution is -0.122. The zero-order valence-electron chi connectivity index (χ0n) is 20.1. The Morgan fingerprint density at radius 3 is 2.25 bits per heavy atom. The number of hydrogen-bond acceptors (Lipinski definition) is 7. The molecule has 0 bridgehead atoms. The monoisotopic (exact) mass is 543 g/mol. The number of nitrogens with one attached hydrogen (secondary N) is 1. The Bertz CT molecular complexity index is 1230. The van der Waals surface area contributed by atoms with Gasteiger partial charge in [-0.25, -0.2) is 21.2 Å². The average molecular weight is 544 g/mol. The van der Waals surface area contributed by atoms with E-state index in [0.29, 0.717) is 32.1 Å². The van der Waals surface area contributed by atoms with Crippen molar-refractivity contribution in [1.29, 1.82) is 0 Å². The van der Waals surface area contributed by atoms with E-state index < -0.39 is 37.8 Å². The number of amides is 1. The van der Waals surface area contributed by atoms with Gasteiger partial charge in [-0.2, -0.15) is 4.31 Å². The largest absolute Gasteiger partial charge is 0.492 e. The van der Waals surface area contributed by atoms with Crippen molar-refractivity contribution >= 4 is 31.6 Å². The minimum absolute atomic E-state index is 0.0765. The van der Waals surface area contributed by atoms with Crippen molar-refractivity contribution in [3.8, 4) is 5.75 Å². The van der Waals surface area contributed by atoms with Gasteiger partial charge in [-0.05, 0) is 55.0 Å². The van der Waals surface area contributed by atoms with Gasteiger partial charge in [0.05, 0.1) is 36.6 Å². The molecule has 0 radical (unpaired) electrons. The van der Waals surface area contributed by atoms with E-state index in [2.05, 4.69) is 5.32 Å². The van der Waals surface area contributed by atoms with E-state index in [-0.39, 0.29) is 30.2 Å². The summed E-state index contributed by atoms with van der Waals surface area (Å²) >= 11 is 0. The average Bonchev–Trinajstić information content (AvgIpc) is 2.86. The second kappa shape index (κ2) is 12.0. The number of ether oxygens (including phenoxy) is 2. The highest BCUT2D eigenvalue weighted by atomic mass is 32.2. The van der Waals surface area contributed by atoms with Crippen LogP contribution in [0.3, 0.4) is 0 Å². The molecule has 1 saturated heterocycles. The van der Waals surface area contributed by atoms with Crippen molar-refractivity contribution in [1.82, 2.24) is 9.62 Å². The molecule has 1 fully saturated rings. The molecule has 1 unspecified atom stereocenters. The van der Waals surface area contributed by atoms with Gasteiger partial charge in [0, 0.05) is 13.1 Å². The SMILES string of the molecule is CCC(C(=O)NCCOc1ccc(S(=O)(=O)N2CCOCC2)cc1)N(c1ccc(F)cc1)S(C)(=O)=O. The summed E-state index contributed by atoms with van der Waals surface area (Å²) in [6.45, 7) is 3.16. The summed E-state index contributed by atoms with van der Waals surface area (Å²) in [6, 6.07) is 9.81. The number of halogens is 1. The van der Waals surface area contributed by atoms with Crippen molar-refractivity contribution in [3.05, 3.63) is 54.3 Å². The number of nitrogens with zero attached hydrogens (tertiary/aromatic N) is 2. The summed E-state index contributed by atoms with van der Waals surface area (Å²) in [4.78, 5) is 12.9. The van der Waals surface area contributed by atoms with Crippen molar-refractivity contribution in [2.75, 3.05) is 50.0 Å². The summed E-state index contributed by atoms with van der Waals surface area (Å²) in [5, 5.41) is 2.66. The van der Waals surface area contributed by atoms with Gasteiger partial charge in [-0.3, -0.25) is 9.10 Å². The Morgan fingerprint density at radius 2 is 1.69 bits per heavy atom. The maximum Gasteiger partial charge on any atom is 0.244 e. The third-order valence-corrected chi connectivity index (χ3v) is 8.61. The maximum atomic E-state index is 13.3. The Morgan fingerprint density at radius 1 is 1.08 bits per heavy atom. The van der Waals surface area contributed by atoms with Gasteiger partial charge in [0.15, 0.2) is 0 Å². The van der Waals surface area contributed by atoms with E-state index in [1.54, 1.807) is 6.92 Å². The number of rotatable bonds is 11. The molecule has 0 spiro atoms. The lowest BCUT2D eigenvalue weighted by atomic mass is 10.2. The minimum Gasteiger partial charge on any atom is -0.492 e. The van der Waals surface area contributed by atoms with Crippen LogP contribution in [-0.4, -0.2) is 78.8 Å². The second-order valence-corrected chi connectivity index (χ2v) is 11.9. The number of morpholine rings is 1. The lowest BCUT2D eigenvalue weighted by Gasteiger charge is -2.30. The van der Waals surface area contributed by atoms with E-state index in [1.165, 1.54) is 40.7 Å². The molecular weight excluding hydrogens is 513 g/mol. The number of benzene rings is 2. The van der Waals surface area contributed by atoms with Gasteiger partial charge >= 0.3 is 0 Å². The molecule has 198 valence electrons. The zero-order chi connectivity index (χ0) is 26.3. The van der Waals surface area contributed by atoms with Crippen LogP contribution >= 0.6 is 0 Å². The Balaban J connectivity index is 1.56. The molecule has 1 aliphatic heterocycles. The van der Waals surface area contributed by atoms with E-state index in [0.717, 1.165) is 22.7 Å². The fraction of sp³-hybridized carbons (Fsp3) is 0.435. The third kappa shape index (κ3) is 6.93. The third-order valence-electron chi connectivity index (χ3n) is 5.51. The van der Waals surface area contributed by atoms with Crippen LogP contribution in [0, 0.1) is 5.82 Å². The Hall–Kier alpha value is -2.74. The second-order valence-electron chi connectivity index (χ2n) is 8.09. The highest BCUT2D eigenvalue weighted by Gasteiger charge is 2.31. The number of sulfonamides is 2. The summed E-state index contributed by atoms with van der Waals surface area (Å²) in [5.41, 5.74) is 0.185. The molecular formula is C23H30FN3O7S2. The van der Waals surface area contributed by atoms with Crippen LogP contribution in [0.2, 0.25) is 0 Å². The topological polar surface area (TPSA) is 122 Å². The molecule has 3 rings (SSSR count). The standard InChI is InChI=1S/C23H30FN3O7S2/c1-3-22(27(35(2,29)30)19-6-4-18(24)5-7-19)23(28)25-12-15-34-20-8-10-21(11-9-20)36(31,32)26-13-16-33-17-14-26/h4-11,22H,3,12-17H2,1-2H3,(H,25,28). The van der Waals surface area contributed by atoms with Gasteiger partial charge in [0.25, 0.3) is 0 Å². The van der Waals surface area contributed by atoms with Crippen molar-refractivity contribution in [2.24, 2.45) is 0 Å². The molecule has 1 N–H and O–H groups in total. The molecule has 36 heavy (non-hydrogen) atoms. The molecule has 0 aliphatic carbocycles. The fourth-order valence-corrected chi connectivity index (χ4v) is 6.37. The minimum atomic E-state index is -3.83. The van der Waals surface area contributed by atoms with Crippen LogP contribution in [0.1, 0.15) is 13.3 Å². The molecule has 2 aromatic rings. The smallest absolute Gasteiger partial charge is 0.244 e. The predicted octanol–water partition coefficient (Wildman–Crippen LogP) is 1.59. The quantitative estimate of drug-likeness (QED) is 0.427. The molecule has 1 amide bonds. The molecule has 2 aromatic carbocycles. The van der Waals surface area contributed by atoms with Crippen molar-refractivity contribution in [3.63, 3.8) is 0 Å². The number of carbonyl (C=O) groups excluding carboxylic acids is 1. The first-order valence-electron chi connectivity index (χ1n) is 11.4. The van der Waals surface area contributed by atoms with Gasteiger partial charge in [0.1, 0.15) is 24.2 Å². The number of carbonyl (C=O) groups is 1. The van der Waals surface area contributed by atoms with Gasteiger partial charge < -0.3 is 14.8 Å². The highest BCUT2D eigenvalue weighted by molar-refractivity contribution is 7.92. The molecule has 0 aromatic heterocycles. The maximum absolute atomic E-state index is 13.3. The van der Waals surface area contributed by atoms with Crippen LogP contribution in [-0.2, 0) is 29.6 Å². The summed E-state index contributed by atoms with van der Waals surface area (Å²) < 4.78 is 76.6. The molecule has 10 nitrogen and oxygen atoms in total. The number of hydrogen-bond donors (Lipinski definition) is 1. The fourth-order valence-electron chi connectivity index (χ4n) is 3.75. The first-order valence-corrected chi connectivity index (χ1v) is 14.7. The van der Waals surface area contributed by atoms with Gasteiger partial charge in [-0.15, -0.1) is 0 Å². The van der Waals surface area contributed by atoms with Crippen LogP contribution in [0.4, 0.5) is 10.1 Å². The predicted molar refractivity (Wildman–Crippen MR) is 132 cm³/mol. The molecule has 1 heterocycles. The van der Waals surface area contributed by atoms with E-state index in [1.807, 2.05) is 0 Å². The Labute approximate surface area is 211 Å². The normalized spacial score (nSPS) is 15.8. The molecule has 0 saturated carbocycles. The van der Waals surface area contributed by atoms with E-state index >= 15 is 0 Å². The Kier molecular flexibility index (Phi) is 9.28. The van der Waals surface area contributed by atoms with Crippen molar-refractivity contribution in [2.45, 2.75) is 24.3 Å². The van der Waals surface area contributed by atoms with Crippen molar-refractivity contribution < 1.29 is 35.5 Å². The zero-order valence-corrected chi connectivity index (χ0v) is 21.7. The molecule has 13 heteroatoms. The number of anilines is 1.